The Hall–Kier alpha value is -1.18. The summed E-state index contributed by atoms with van der Waals surface area (Å²) in [5.74, 6) is -0.394. The molecule has 0 spiro atoms. The van der Waals surface area contributed by atoms with Crippen LogP contribution in [0.5, 0.6) is 0 Å². The Balaban J connectivity index is 2.71. The lowest BCUT2D eigenvalue weighted by atomic mass is 9.75. The van der Waals surface area contributed by atoms with Gasteiger partial charge in [-0.2, -0.15) is 0 Å². The van der Waals surface area contributed by atoms with E-state index in [1.54, 1.807) is 0 Å². The molecule has 3 unspecified atom stereocenters. The molecule has 0 aliphatic heterocycles. The molecule has 1 fully saturated rings. The van der Waals surface area contributed by atoms with Gasteiger partial charge in [0, 0.05) is 50.1 Å². The minimum atomic E-state index is -0.446. The van der Waals surface area contributed by atoms with Crippen molar-refractivity contribution in [3.05, 3.63) is 0 Å². The summed E-state index contributed by atoms with van der Waals surface area (Å²) in [6.07, 6.45) is 1.49. The largest absolute Gasteiger partial charge is 0.355 e. The van der Waals surface area contributed by atoms with E-state index in [-0.39, 0.29) is 23.8 Å². The van der Waals surface area contributed by atoms with E-state index in [1.165, 1.54) is 6.92 Å². The molecule has 7 nitrogen and oxygen atoms in total. The zero-order chi connectivity index (χ0) is 17.7. The van der Waals surface area contributed by atoms with E-state index >= 15 is 0 Å². The Morgan fingerprint density at radius 1 is 1.17 bits per heavy atom. The molecule has 2 amide bonds. The average molecular weight is 327 g/mol. The molecule has 7 N–H and O–H groups in total. The third-order valence-corrected chi connectivity index (χ3v) is 5.45. The molecule has 1 rings (SSSR count). The topological polar surface area (TPSA) is 122 Å². The van der Waals surface area contributed by atoms with Gasteiger partial charge in [0.1, 0.15) is 0 Å². The lowest BCUT2D eigenvalue weighted by Crippen LogP contribution is -2.55. The molecule has 0 aromatic carbocycles. The summed E-state index contributed by atoms with van der Waals surface area (Å²) >= 11 is 0. The molecule has 0 saturated heterocycles. The van der Waals surface area contributed by atoms with Gasteiger partial charge in [-0.25, -0.2) is 0 Å². The first-order chi connectivity index (χ1) is 10.8. The number of rotatable bonds is 10. The van der Waals surface area contributed by atoms with Gasteiger partial charge in [0.15, 0.2) is 0 Å². The van der Waals surface area contributed by atoms with E-state index in [0.29, 0.717) is 19.6 Å². The molecular weight excluding hydrogens is 294 g/mol. The Kier molecular flexibility index (Phi) is 6.98. The van der Waals surface area contributed by atoms with Crippen molar-refractivity contribution in [1.82, 2.24) is 16.0 Å². The minimum absolute atomic E-state index is 0.0359. The first-order valence-corrected chi connectivity index (χ1v) is 8.53. The maximum atomic E-state index is 12.5. The fourth-order valence-corrected chi connectivity index (χ4v) is 3.87. The molecule has 0 bridgehead atoms. The number of carbonyl (C=O) groups is 2. The second kappa shape index (κ2) is 8.08. The predicted octanol–water partition coefficient (Wildman–Crippen LogP) is -0.691. The smallest absolute Gasteiger partial charge is 0.225 e. The van der Waals surface area contributed by atoms with Crippen molar-refractivity contribution in [3.63, 3.8) is 0 Å². The van der Waals surface area contributed by atoms with Gasteiger partial charge in [-0.05, 0) is 12.8 Å². The van der Waals surface area contributed by atoms with Crippen LogP contribution in [0.3, 0.4) is 0 Å². The normalized spacial score (nSPS) is 26.7. The van der Waals surface area contributed by atoms with Gasteiger partial charge in [-0.3, -0.25) is 9.59 Å². The fourth-order valence-electron chi connectivity index (χ4n) is 3.87. The summed E-state index contributed by atoms with van der Waals surface area (Å²) in [5, 5.41) is 9.13. The molecule has 0 radical (unpaired) electrons. The second-order valence-corrected chi connectivity index (χ2v) is 6.59. The zero-order valence-corrected chi connectivity index (χ0v) is 14.9. The third-order valence-electron chi connectivity index (χ3n) is 5.45. The Morgan fingerprint density at radius 2 is 1.78 bits per heavy atom. The van der Waals surface area contributed by atoms with Gasteiger partial charge in [0.2, 0.25) is 11.8 Å². The maximum Gasteiger partial charge on any atom is 0.225 e. The zero-order valence-electron chi connectivity index (χ0n) is 14.9. The standard InChI is InChI=1S/C16H33N5O2/c1-5-16(6-2,21-11(3)22)15(4)12(13(15)18)14(23)20-10-9-19-8-7-17/h12-13,19H,5-10,17-18H2,1-4H3,(H,20,23)(H,21,22). The number of carbonyl (C=O) groups excluding carboxylic acids is 2. The van der Waals surface area contributed by atoms with Crippen LogP contribution in [0.4, 0.5) is 0 Å². The van der Waals surface area contributed by atoms with Crippen LogP contribution < -0.4 is 27.4 Å². The maximum absolute atomic E-state index is 12.5. The quantitative estimate of drug-likeness (QED) is 0.340. The van der Waals surface area contributed by atoms with Crippen molar-refractivity contribution >= 4 is 11.8 Å². The summed E-state index contributed by atoms with van der Waals surface area (Å²) in [4.78, 5) is 24.1. The van der Waals surface area contributed by atoms with E-state index in [9.17, 15) is 9.59 Å². The van der Waals surface area contributed by atoms with Crippen molar-refractivity contribution in [2.24, 2.45) is 22.8 Å². The van der Waals surface area contributed by atoms with Gasteiger partial charge >= 0.3 is 0 Å². The average Bonchev–Trinajstić information content (AvgIpc) is 3.07. The highest BCUT2D eigenvalue weighted by Gasteiger charge is 2.71. The van der Waals surface area contributed by atoms with Crippen LogP contribution in [0.15, 0.2) is 0 Å². The van der Waals surface area contributed by atoms with Crippen LogP contribution in [0.1, 0.15) is 40.5 Å². The van der Waals surface area contributed by atoms with Crippen LogP contribution >= 0.6 is 0 Å². The summed E-state index contributed by atoms with van der Waals surface area (Å²) in [5.41, 5.74) is 10.8. The number of nitrogens with one attached hydrogen (secondary N) is 3. The summed E-state index contributed by atoms with van der Waals surface area (Å²) in [6, 6.07) is -0.244. The Labute approximate surface area is 139 Å². The molecule has 1 aliphatic rings. The molecule has 1 aliphatic carbocycles. The summed E-state index contributed by atoms with van der Waals surface area (Å²) in [7, 11) is 0. The van der Waals surface area contributed by atoms with Crippen LogP contribution in [0.25, 0.3) is 0 Å². The number of amides is 2. The number of nitrogens with two attached hydrogens (primary N) is 2. The van der Waals surface area contributed by atoms with Gasteiger partial charge in [0.25, 0.3) is 0 Å². The van der Waals surface area contributed by atoms with Crippen LogP contribution in [0, 0.1) is 11.3 Å². The van der Waals surface area contributed by atoms with Crippen molar-refractivity contribution < 1.29 is 9.59 Å². The first kappa shape index (κ1) is 19.9. The van der Waals surface area contributed by atoms with Gasteiger partial charge in [-0.1, -0.05) is 20.8 Å². The summed E-state index contributed by atoms with van der Waals surface area (Å²) < 4.78 is 0. The van der Waals surface area contributed by atoms with E-state index in [2.05, 4.69) is 16.0 Å². The molecule has 134 valence electrons. The first-order valence-electron chi connectivity index (χ1n) is 8.53. The van der Waals surface area contributed by atoms with Crippen molar-refractivity contribution in [2.75, 3.05) is 26.2 Å². The SMILES string of the molecule is CCC(CC)(NC(C)=O)C1(C)C(N)C1C(=O)NCCNCCN. The highest BCUT2D eigenvalue weighted by Crippen LogP contribution is 2.60. The minimum Gasteiger partial charge on any atom is -0.355 e. The van der Waals surface area contributed by atoms with Crippen molar-refractivity contribution in [3.8, 4) is 0 Å². The highest BCUT2D eigenvalue weighted by atomic mass is 16.2. The molecule has 7 heteroatoms. The van der Waals surface area contributed by atoms with Crippen LogP contribution in [-0.4, -0.2) is 49.6 Å². The van der Waals surface area contributed by atoms with Crippen LogP contribution in [0.2, 0.25) is 0 Å². The second-order valence-electron chi connectivity index (χ2n) is 6.59. The van der Waals surface area contributed by atoms with Gasteiger partial charge < -0.3 is 27.4 Å². The highest BCUT2D eigenvalue weighted by molar-refractivity contribution is 5.85. The predicted molar refractivity (Wildman–Crippen MR) is 91.6 cm³/mol. The van der Waals surface area contributed by atoms with Crippen molar-refractivity contribution in [1.29, 1.82) is 0 Å². The molecule has 1 saturated carbocycles. The molecule has 0 aromatic heterocycles. The fraction of sp³-hybridized carbons (Fsp3) is 0.875. The molecule has 0 aromatic rings. The van der Waals surface area contributed by atoms with E-state index < -0.39 is 11.0 Å². The molecular formula is C16H33N5O2. The third kappa shape index (κ3) is 3.84. The Bertz CT molecular complexity index is 425. The molecule has 0 heterocycles. The lowest BCUT2D eigenvalue weighted by Gasteiger charge is -2.40. The lowest BCUT2D eigenvalue weighted by molar-refractivity contribution is -0.126. The molecule has 3 atom stereocenters. The monoisotopic (exact) mass is 327 g/mol. The van der Waals surface area contributed by atoms with Gasteiger partial charge in [0.05, 0.1) is 5.92 Å². The Morgan fingerprint density at radius 3 is 2.26 bits per heavy atom. The number of hydrogen-bond donors (Lipinski definition) is 5. The molecule has 23 heavy (non-hydrogen) atoms. The van der Waals surface area contributed by atoms with E-state index in [0.717, 1.165) is 19.4 Å². The summed E-state index contributed by atoms with van der Waals surface area (Å²) in [6.45, 7) is 10.1. The number of hydrogen-bond acceptors (Lipinski definition) is 5. The van der Waals surface area contributed by atoms with Gasteiger partial charge in [-0.15, -0.1) is 0 Å². The van der Waals surface area contributed by atoms with Crippen molar-refractivity contribution in [2.45, 2.75) is 52.1 Å². The van der Waals surface area contributed by atoms with E-state index in [1.807, 2.05) is 20.8 Å². The van der Waals surface area contributed by atoms with E-state index in [4.69, 9.17) is 11.5 Å². The van der Waals surface area contributed by atoms with Crippen LogP contribution in [-0.2, 0) is 9.59 Å².